The van der Waals surface area contributed by atoms with E-state index in [9.17, 15) is 0 Å². The highest BCUT2D eigenvalue weighted by Crippen LogP contribution is 2.39. The second-order valence-electron chi connectivity index (χ2n) is 4.03. The van der Waals surface area contributed by atoms with Crippen LogP contribution >= 0.6 is 0 Å². The van der Waals surface area contributed by atoms with Gasteiger partial charge in [0.15, 0.2) is 0 Å². The van der Waals surface area contributed by atoms with Crippen molar-refractivity contribution >= 4 is 0 Å². The lowest BCUT2D eigenvalue weighted by Crippen LogP contribution is -2.25. The molecule has 1 heteroatoms. The largest absolute Gasteiger partial charge is 0.340 e. The van der Waals surface area contributed by atoms with Crippen LogP contribution in [-0.4, -0.2) is 10.9 Å². The third-order valence-electron chi connectivity index (χ3n) is 3.06. The molecule has 0 radical (unpaired) electrons. The minimum absolute atomic E-state index is 0.353. The van der Waals surface area contributed by atoms with E-state index in [4.69, 9.17) is 0 Å². The zero-order valence-electron chi connectivity index (χ0n) is 9.63. The molecule has 1 heterocycles. The number of hydrogen-bond acceptors (Lipinski definition) is 1. The van der Waals surface area contributed by atoms with E-state index < -0.39 is 0 Å². The molecule has 0 spiro atoms. The van der Waals surface area contributed by atoms with Crippen LogP contribution in [0.4, 0.5) is 0 Å². The zero-order valence-corrected chi connectivity index (χ0v) is 9.63. The maximum absolute atomic E-state index is 4.12. The zero-order chi connectivity index (χ0) is 11.5. The van der Waals surface area contributed by atoms with Crippen molar-refractivity contribution in [3.8, 4) is 0 Å². The lowest BCUT2D eigenvalue weighted by Gasteiger charge is -2.23. The number of hydrogen-bond donors (Lipinski definition) is 0. The molecule has 2 aliphatic rings. The maximum atomic E-state index is 4.12. The van der Waals surface area contributed by atoms with Gasteiger partial charge in [0, 0.05) is 17.8 Å². The molecule has 1 fully saturated rings. The van der Waals surface area contributed by atoms with Crippen molar-refractivity contribution in [1.29, 1.82) is 0 Å². The molecule has 1 nitrogen and oxygen atoms in total. The summed E-state index contributed by atoms with van der Waals surface area (Å²) in [6, 6.07) is 0.353. The quantitative estimate of drug-likeness (QED) is 0.631. The fraction of sp³-hybridized carbons (Fsp3) is 0.200. The Morgan fingerprint density at radius 1 is 1.19 bits per heavy atom. The smallest absolute Gasteiger partial charge is 0.0623 e. The molecule has 1 aliphatic carbocycles. The van der Waals surface area contributed by atoms with Gasteiger partial charge in [0.2, 0.25) is 0 Å². The van der Waals surface area contributed by atoms with Crippen molar-refractivity contribution in [2.75, 3.05) is 0 Å². The molecular weight excluding hydrogens is 194 g/mol. The first-order valence-electron chi connectivity index (χ1n) is 5.56. The number of nitrogens with zero attached hydrogens (tertiary/aromatic N) is 1. The van der Waals surface area contributed by atoms with Crippen LogP contribution in [0.3, 0.4) is 0 Å². The summed E-state index contributed by atoms with van der Waals surface area (Å²) in [6.07, 6.45) is 16.7. The van der Waals surface area contributed by atoms with Gasteiger partial charge in [0.1, 0.15) is 0 Å². The van der Waals surface area contributed by atoms with Gasteiger partial charge in [-0.3, -0.25) is 0 Å². The Balaban J connectivity index is 2.25. The highest BCUT2D eigenvalue weighted by atomic mass is 15.2. The molecule has 16 heavy (non-hydrogen) atoms. The van der Waals surface area contributed by atoms with Crippen LogP contribution in [0.25, 0.3) is 0 Å². The average Bonchev–Trinajstić information content (AvgIpc) is 2.55. The lowest BCUT2D eigenvalue weighted by molar-refractivity contribution is 0.418. The third-order valence-corrected chi connectivity index (χ3v) is 3.06. The molecule has 82 valence electrons. The molecule has 0 aromatic carbocycles. The van der Waals surface area contributed by atoms with Crippen molar-refractivity contribution in [1.82, 2.24) is 4.90 Å². The first-order chi connectivity index (χ1) is 7.75. The molecule has 1 saturated heterocycles. The summed E-state index contributed by atoms with van der Waals surface area (Å²) in [4.78, 5) is 2.19. The summed E-state index contributed by atoms with van der Waals surface area (Å²) in [7, 11) is 0. The molecule has 0 bridgehead atoms. The molecule has 0 amide bonds. The van der Waals surface area contributed by atoms with Crippen molar-refractivity contribution in [2.45, 2.75) is 13.0 Å². The second-order valence-corrected chi connectivity index (χ2v) is 4.03. The van der Waals surface area contributed by atoms with Gasteiger partial charge in [-0.2, -0.15) is 0 Å². The second kappa shape index (κ2) is 4.40. The Hall–Kier alpha value is -1.76. The van der Waals surface area contributed by atoms with E-state index in [2.05, 4.69) is 48.6 Å². The lowest BCUT2D eigenvalue weighted by atomic mass is 9.92. The SMILES string of the molecule is C=C1C(=C)N(/C=C/C=C\C)C2C=CC=CC12. The highest BCUT2D eigenvalue weighted by Gasteiger charge is 2.35. The fourth-order valence-corrected chi connectivity index (χ4v) is 2.16. The highest BCUT2D eigenvalue weighted by molar-refractivity contribution is 5.44. The first-order valence-corrected chi connectivity index (χ1v) is 5.56. The van der Waals surface area contributed by atoms with Gasteiger partial charge in [-0.15, -0.1) is 0 Å². The molecule has 0 saturated carbocycles. The summed E-state index contributed by atoms with van der Waals surface area (Å²) in [5.41, 5.74) is 2.14. The first kappa shape index (κ1) is 10.7. The Morgan fingerprint density at radius 2 is 1.94 bits per heavy atom. The van der Waals surface area contributed by atoms with Gasteiger partial charge in [-0.1, -0.05) is 49.6 Å². The predicted molar refractivity (Wildman–Crippen MR) is 69.6 cm³/mol. The van der Waals surface area contributed by atoms with Gasteiger partial charge >= 0.3 is 0 Å². The topological polar surface area (TPSA) is 3.24 Å². The van der Waals surface area contributed by atoms with E-state index in [1.54, 1.807) is 0 Å². The van der Waals surface area contributed by atoms with E-state index in [0.717, 1.165) is 11.3 Å². The van der Waals surface area contributed by atoms with E-state index in [1.807, 2.05) is 25.2 Å². The third kappa shape index (κ3) is 1.69. The Kier molecular flexibility index (Phi) is 2.95. The van der Waals surface area contributed by atoms with Crippen molar-refractivity contribution in [2.24, 2.45) is 5.92 Å². The summed E-state index contributed by atoms with van der Waals surface area (Å²) in [6.45, 7) is 10.2. The van der Waals surface area contributed by atoms with Crippen LogP contribution in [0.1, 0.15) is 6.92 Å². The Morgan fingerprint density at radius 3 is 2.69 bits per heavy atom. The van der Waals surface area contributed by atoms with E-state index in [0.29, 0.717) is 12.0 Å². The standard InChI is InChI=1S/C15H17N/c1-4-5-8-11-16-13(3)12(2)14-9-6-7-10-15(14)16/h4-11,14-15H,2-3H2,1H3/b5-4-,11-8+. The molecule has 2 atom stereocenters. The number of likely N-dealkylation sites (tertiary alicyclic amines) is 1. The normalized spacial score (nSPS) is 28.7. The van der Waals surface area contributed by atoms with E-state index >= 15 is 0 Å². The van der Waals surface area contributed by atoms with Gasteiger partial charge < -0.3 is 4.90 Å². The van der Waals surface area contributed by atoms with Crippen LogP contribution in [0.2, 0.25) is 0 Å². The minimum Gasteiger partial charge on any atom is -0.340 e. The molecule has 2 rings (SSSR count). The van der Waals surface area contributed by atoms with Crippen LogP contribution in [0, 0.1) is 5.92 Å². The monoisotopic (exact) mass is 211 g/mol. The average molecular weight is 211 g/mol. The predicted octanol–water partition coefficient (Wildman–Crippen LogP) is 3.57. The summed E-state index contributed by atoms with van der Waals surface area (Å²) in [5, 5.41) is 0. The van der Waals surface area contributed by atoms with Crippen molar-refractivity contribution < 1.29 is 0 Å². The maximum Gasteiger partial charge on any atom is 0.0623 e. The summed E-state index contributed by atoms with van der Waals surface area (Å²) >= 11 is 0. The molecular formula is C15H17N. The minimum atomic E-state index is 0.353. The fourth-order valence-electron chi connectivity index (χ4n) is 2.16. The molecule has 2 unspecified atom stereocenters. The van der Waals surface area contributed by atoms with Crippen LogP contribution < -0.4 is 0 Å². The van der Waals surface area contributed by atoms with Crippen molar-refractivity contribution in [3.05, 3.63) is 73.2 Å². The van der Waals surface area contributed by atoms with Crippen molar-refractivity contribution in [3.63, 3.8) is 0 Å². The molecule has 1 aliphatic heterocycles. The molecule has 0 N–H and O–H groups in total. The van der Waals surface area contributed by atoms with Gasteiger partial charge in [-0.05, 0) is 18.6 Å². The van der Waals surface area contributed by atoms with E-state index in [-0.39, 0.29) is 0 Å². The Bertz CT molecular complexity index is 421. The number of allylic oxidation sites excluding steroid dienone is 6. The summed E-state index contributed by atoms with van der Waals surface area (Å²) < 4.78 is 0. The van der Waals surface area contributed by atoms with Gasteiger partial charge in [0.25, 0.3) is 0 Å². The Labute approximate surface area is 97.5 Å². The van der Waals surface area contributed by atoms with Crippen LogP contribution in [-0.2, 0) is 0 Å². The van der Waals surface area contributed by atoms with Crippen LogP contribution in [0.15, 0.2) is 73.2 Å². The molecule has 0 aromatic heterocycles. The van der Waals surface area contributed by atoms with Gasteiger partial charge in [-0.25, -0.2) is 0 Å². The van der Waals surface area contributed by atoms with Crippen LogP contribution in [0.5, 0.6) is 0 Å². The summed E-state index contributed by atoms with van der Waals surface area (Å²) in [5.74, 6) is 0.382. The number of fused-ring (bicyclic) bond motifs is 1. The van der Waals surface area contributed by atoms with E-state index in [1.165, 1.54) is 0 Å². The number of rotatable bonds is 2. The molecule has 0 aromatic rings. The van der Waals surface area contributed by atoms with Gasteiger partial charge in [0.05, 0.1) is 6.04 Å².